The molecule has 0 saturated carbocycles. The standard InChI is InChI=1S/C32H31F2N5O5S.ClH/c1-45(42,43)26-9-7-25(8-10-26)44-30-12-5-20(18-36-30)19-39-14-13-24(17-29(39)21-3-2-4-22(33)15-21)38-32(41)37-23-6-11-28(34)27(16-23)31(35)40;/h2-12,15-16,18,24,29H,13-14,17,19H2,1H3,(H2,35,40)(H2,37,38,41);1H. The smallest absolute Gasteiger partial charge is 0.319 e. The number of nitrogens with zero attached hydrogens (tertiary/aromatic N) is 2. The maximum absolute atomic E-state index is 14.2. The first kappa shape index (κ1) is 34.3. The summed E-state index contributed by atoms with van der Waals surface area (Å²) in [5, 5.41) is 5.54. The summed E-state index contributed by atoms with van der Waals surface area (Å²) >= 11 is 0. The highest BCUT2D eigenvalue weighted by Crippen LogP contribution is 2.33. The number of nitrogens with two attached hydrogens (primary N) is 1. The van der Waals surface area contributed by atoms with Crippen LogP contribution < -0.4 is 21.1 Å². The van der Waals surface area contributed by atoms with Gasteiger partial charge in [0.05, 0.1) is 10.5 Å². The van der Waals surface area contributed by atoms with Crippen LogP contribution in [0.5, 0.6) is 11.6 Å². The van der Waals surface area contributed by atoms with Gasteiger partial charge < -0.3 is 21.1 Å². The maximum atomic E-state index is 14.2. The number of primary amides is 1. The van der Waals surface area contributed by atoms with Crippen molar-refractivity contribution in [3.63, 3.8) is 0 Å². The predicted molar refractivity (Wildman–Crippen MR) is 171 cm³/mol. The van der Waals surface area contributed by atoms with Gasteiger partial charge in [0.15, 0.2) is 9.84 Å². The van der Waals surface area contributed by atoms with Crippen LogP contribution in [0.15, 0.2) is 90.0 Å². The molecule has 2 atom stereocenters. The van der Waals surface area contributed by atoms with Gasteiger partial charge in [0.1, 0.15) is 17.4 Å². The minimum atomic E-state index is -3.31. The van der Waals surface area contributed by atoms with Crippen LogP contribution in [0.3, 0.4) is 0 Å². The fourth-order valence-corrected chi connectivity index (χ4v) is 5.84. The lowest BCUT2D eigenvalue weighted by Gasteiger charge is -2.40. The van der Waals surface area contributed by atoms with Gasteiger partial charge in [-0.15, -0.1) is 12.4 Å². The number of aromatic nitrogens is 1. The number of amides is 3. The summed E-state index contributed by atoms with van der Waals surface area (Å²) in [4.78, 5) is 31.0. The fraction of sp³-hybridized carbons (Fsp3) is 0.219. The Morgan fingerprint density at radius 2 is 1.80 bits per heavy atom. The predicted octanol–water partition coefficient (Wildman–Crippen LogP) is 5.60. The zero-order valence-electron chi connectivity index (χ0n) is 24.7. The number of halogens is 3. The van der Waals surface area contributed by atoms with Gasteiger partial charge in [0.2, 0.25) is 5.88 Å². The Hall–Kier alpha value is -4.59. The number of pyridine rings is 1. The molecule has 2 unspecified atom stereocenters. The summed E-state index contributed by atoms with van der Waals surface area (Å²) in [6, 6.07) is 18.5. The molecule has 4 N–H and O–H groups in total. The molecule has 242 valence electrons. The number of sulfone groups is 1. The topological polar surface area (TPSA) is 144 Å². The van der Waals surface area contributed by atoms with Gasteiger partial charge in [-0.1, -0.05) is 18.2 Å². The first-order valence-corrected chi connectivity index (χ1v) is 15.9. The zero-order chi connectivity index (χ0) is 32.1. The van der Waals surface area contributed by atoms with Crippen LogP contribution in [0.25, 0.3) is 0 Å². The van der Waals surface area contributed by atoms with Crippen LogP contribution in [0.2, 0.25) is 0 Å². The Bertz CT molecular complexity index is 1810. The molecule has 0 spiro atoms. The minimum absolute atomic E-state index is 0. The van der Waals surface area contributed by atoms with Gasteiger partial charge in [-0.25, -0.2) is 27.0 Å². The number of nitrogens with one attached hydrogen (secondary N) is 2. The number of rotatable bonds is 9. The van der Waals surface area contributed by atoms with Gasteiger partial charge in [-0.3, -0.25) is 9.69 Å². The first-order valence-electron chi connectivity index (χ1n) is 14.0. The number of likely N-dealkylation sites (tertiary alicyclic amines) is 1. The Morgan fingerprint density at radius 3 is 2.46 bits per heavy atom. The molecule has 1 aliphatic heterocycles. The molecule has 1 aliphatic rings. The number of piperidine rings is 1. The van der Waals surface area contributed by atoms with E-state index in [0.717, 1.165) is 23.4 Å². The monoisotopic (exact) mass is 671 g/mol. The normalized spacial score (nSPS) is 16.6. The lowest BCUT2D eigenvalue weighted by Crippen LogP contribution is -2.47. The Labute approximate surface area is 271 Å². The van der Waals surface area contributed by atoms with E-state index in [-0.39, 0.29) is 46.5 Å². The van der Waals surface area contributed by atoms with Gasteiger partial charge in [0.25, 0.3) is 5.91 Å². The third-order valence-corrected chi connectivity index (χ3v) is 8.56. The van der Waals surface area contributed by atoms with Crippen LogP contribution in [0.1, 0.15) is 40.4 Å². The van der Waals surface area contributed by atoms with E-state index in [9.17, 15) is 26.8 Å². The quantitative estimate of drug-likeness (QED) is 0.210. The third kappa shape index (κ3) is 8.77. The van der Waals surface area contributed by atoms with Crippen molar-refractivity contribution in [1.29, 1.82) is 0 Å². The average molecular weight is 672 g/mol. The van der Waals surface area contributed by atoms with Gasteiger partial charge >= 0.3 is 6.03 Å². The molecule has 1 fully saturated rings. The van der Waals surface area contributed by atoms with Crippen LogP contribution in [-0.2, 0) is 16.4 Å². The van der Waals surface area contributed by atoms with Crippen molar-refractivity contribution in [1.82, 2.24) is 15.2 Å². The van der Waals surface area contributed by atoms with Crippen molar-refractivity contribution in [2.24, 2.45) is 5.73 Å². The third-order valence-electron chi connectivity index (χ3n) is 7.43. The molecular formula is C32H32ClF2N5O5S. The molecule has 4 aromatic rings. The van der Waals surface area contributed by atoms with Gasteiger partial charge in [-0.2, -0.15) is 0 Å². The lowest BCUT2D eigenvalue weighted by atomic mass is 9.91. The van der Waals surface area contributed by atoms with E-state index in [1.165, 1.54) is 36.4 Å². The van der Waals surface area contributed by atoms with E-state index in [2.05, 4.69) is 20.5 Å². The van der Waals surface area contributed by atoms with E-state index in [1.54, 1.807) is 30.5 Å². The largest absolute Gasteiger partial charge is 0.439 e. The molecule has 14 heteroatoms. The summed E-state index contributed by atoms with van der Waals surface area (Å²) in [5.74, 6) is -1.31. The maximum Gasteiger partial charge on any atom is 0.319 e. The SMILES string of the molecule is CS(=O)(=O)c1ccc(Oc2ccc(CN3CCC(NC(=O)Nc4ccc(F)c(C(N)=O)c4)CC3c3cccc(F)c3)cn2)cc1.Cl. The summed E-state index contributed by atoms with van der Waals surface area (Å²) in [5.41, 5.74) is 6.74. The number of hydrogen-bond acceptors (Lipinski definition) is 7. The van der Waals surface area contributed by atoms with Crippen molar-refractivity contribution < 1.29 is 31.5 Å². The van der Waals surface area contributed by atoms with Crippen molar-refractivity contribution in [2.75, 3.05) is 18.1 Å². The van der Waals surface area contributed by atoms with E-state index < -0.39 is 27.6 Å². The summed E-state index contributed by atoms with van der Waals surface area (Å²) in [7, 11) is -3.31. The molecule has 0 aliphatic carbocycles. The number of benzene rings is 3. The highest BCUT2D eigenvalue weighted by Gasteiger charge is 2.31. The molecular weight excluding hydrogens is 640 g/mol. The zero-order valence-corrected chi connectivity index (χ0v) is 26.3. The Balaban J connectivity index is 0.00000480. The number of urea groups is 1. The molecule has 0 bridgehead atoms. The van der Waals surface area contributed by atoms with Crippen LogP contribution in [0, 0.1) is 11.6 Å². The van der Waals surface area contributed by atoms with E-state index >= 15 is 0 Å². The van der Waals surface area contributed by atoms with Crippen LogP contribution in [0.4, 0.5) is 19.3 Å². The number of hydrogen-bond donors (Lipinski definition) is 3. The second-order valence-corrected chi connectivity index (χ2v) is 12.8. The van der Waals surface area contributed by atoms with Crippen molar-refractivity contribution in [3.05, 3.63) is 113 Å². The summed E-state index contributed by atoms with van der Waals surface area (Å²) in [6.07, 6.45) is 3.92. The molecule has 3 amide bonds. The molecule has 10 nitrogen and oxygen atoms in total. The Morgan fingerprint density at radius 1 is 1.04 bits per heavy atom. The Kier molecular flexibility index (Phi) is 10.9. The first-order chi connectivity index (χ1) is 21.4. The van der Waals surface area contributed by atoms with Crippen molar-refractivity contribution in [2.45, 2.75) is 36.4 Å². The summed E-state index contributed by atoms with van der Waals surface area (Å²) < 4.78 is 57.2. The fourth-order valence-electron chi connectivity index (χ4n) is 5.21. The second kappa shape index (κ2) is 14.7. The molecule has 3 aromatic carbocycles. The molecule has 5 rings (SSSR count). The van der Waals surface area contributed by atoms with Crippen molar-refractivity contribution in [3.8, 4) is 11.6 Å². The molecule has 0 radical (unpaired) electrons. The van der Waals surface area contributed by atoms with Crippen LogP contribution >= 0.6 is 12.4 Å². The van der Waals surface area contributed by atoms with Crippen LogP contribution in [-0.4, -0.2) is 49.1 Å². The summed E-state index contributed by atoms with van der Waals surface area (Å²) in [6.45, 7) is 1.08. The second-order valence-electron chi connectivity index (χ2n) is 10.8. The molecule has 2 heterocycles. The lowest BCUT2D eigenvalue weighted by molar-refractivity contribution is 0.0996. The van der Waals surface area contributed by atoms with Gasteiger partial charge in [0, 0.05) is 49.4 Å². The molecule has 46 heavy (non-hydrogen) atoms. The van der Waals surface area contributed by atoms with E-state index in [0.29, 0.717) is 37.6 Å². The number of carbonyl (C=O) groups excluding carboxylic acids is 2. The average Bonchev–Trinajstić information content (AvgIpc) is 2.99. The molecule has 1 aromatic heterocycles. The number of ether oxygens (including phenoxy) is 1. The highest BCUT2D eigenvalue weighted by molar-refractivity contribution is 7.90. The van der Waals surface area contributed by atoms with Crippen molar-refractivity contribution >= 4 is 39.9 Å². The van der Waals surface area contributed by atoms with Gasteiger partial charge in [-0.05, 0) is 78.6 Å². The highest BCUT2D eigenvalue weighted by atomic mass is 35.5. The molecule has 1 saturated heterocycles. The van der Waals surface area contributed by atoms with E-state index in [4.69, 9.17) is 10.5 Å². The number of carbonyl (C=O) groups is 2. The number of anilines is 1. The minimum Gasteiger partial charge on any atom is -0.439 e. The van der Waals surface area contributed by atoms with E-state index in [1.807, 2.05) is 12.1 Å².